The number of benzene rings is 2. The summed E-state index contributed by atoms with van der Waals surface area (Å²) in [5.74, 6) is 0. The normalized spacial score (nSPS) is 14.8. The Balaban J connectivity index is 0.00000336. The van der Waals surface area contributed by atoms with Gasteiger partial charge in [0.2, 0.25) is 0 Å². The number of para-hydroxylation sites is 2. The van der Waals surface area contributed by atoms with Crippen LogP contribution >= 0.6 is 12.4 Å². The molecule has 1 amide bonds. The van der Waals surface area contributed by atoms with Crippen molar-refractivity contribution in [2.24, 2.45) is 0 Å². The van der Waals surface area contributed by atoms with Gasteiger partial charge < -0.3 is 14.6 Å². The van der Waals surface area contributed by atoms with Crippen molar-refractivity contribution >= 4 is 29.5 Å². The second-order valence-electron chi connectivity index (χ2n) is 9.67. The third-order valence-electron chi connectivity index (χ3n) is 7.10. The summed E-state index contributed by atoms with van der Waals surface area (Å²) in [4.78, 5) is 36.9. The molecule has 1 N–H and O–H groups in total. The smallest absolute Gasteiger partial charge is 0.409 e. The number of rotatable bonds is 8. The topological polar surface area (TPSA) is 83.5 Å². The molecule has 2 aromatic heterocycles. The molecule has 1 saturated heterocycles. The number of piperidine rings is 1. The molecule has 1 aliphatic rings. The molecule has 1 unspecified atom stereocenters. The molecular formula is C29H34ClN5O3. The molecule has 2 aromatic carbocycles. The summed E-state index contributed by atoms with van der Waals surface area (Å²) in [6.45, 7) is 4.90. The number of halogens is 1. The minimum absolute atomic E-state index is 0. The number of aromatic nitrogens is 3. The second kappa shape index (κ2) is 12.8. The fourth-order valence-electron chi connectivity index (χ4n) is 5.02. The van der Waals surface area contributed by atoms with E-state index in [4.69, 9.17) is 4.74 Å². The zero-order chi connectivity index (χ0) is 25.6. The quantitative estimate of drug-likeness (QED) is 0.343. The first-order valence-corrected chi connectivity index (χ1v) is 12.9. The van der Waals surface area contributed by atoms with Crippen LogP contribution < -0.4 is 5.69 Å². The molecule has 4 aromatic rings. The highest BCUT2D eigenvalue weighted by Crippen LogP contribution is 2.25. The van der Waals surface area contributed by atoms with E-state index in [1.807, 2.05) is 65.2 Å². The van der Waals surface area contributed by atoms with Gasteiger partial charge in [-0.05, 0) is 49.6 Å². The molecule has 0 spiro atoms. The molecule has 0 aliphatic carbocycles. The van der Waals surface area contributed by atoms with Crippen LogP contribution in [0.25, 0.3) is 11.0 Å². The Kier molecular flexibility index (Phi) is 9.20. The molecular weight excluding hydrogens is 502 g/mol. The number of ether oxygens (including phenoxy) is 1. The van der Waals surface area contributed by atoms with Crippen LogP contribution in [0, 0.1) is 0 Å². The van der Waals surface area contributed by atoms with Crippen LogP contribution in [0.3, 0.4) is 0 Å². The van der Waals surface area contributed by atoms with E-state index in [0.29, 0.717) is 39.1 Å². The summed E-state index contributed by atoms with van der Waals surface area (Å²) in [6, 6.07) is 24.0. The first-order chi connectivity index (χ1) is 18.1. The fraction of sp³-hybridized carbons (Fsp3) is 0.345. The molecule has 1 aliphatic heterocycles. The Morgan fingerprint density at radius 2 is 1.74 bits per heavy atom. The third-order valence-corrected chi connectivity index (χ3v) is 7.10. The number of pyridine rings is 1. The first kappa shape index (κ1) is 27.4. The van der Waals surface area contributed by atoms with Crippen LogP contribution in [-0.4, -0.2) is 56.2 Å². The molecule has 5 rings (SSSR count). The summed E-state index contributed by atoms with van der Waals surface area (Å²) in [6.07, 6.45) is 2.93. The molecule has 1 atom stereocenters. The van der Waals surface area contributed by atoms with Gasteiger partial charge in [0.15, 0.2) is 0 Å². The monoisotopic (exact) mass is 535 g/mol. The average Bonchev–Trinajstić information content (AvgIpc) is 3.28. The second-order valence-corrected chi connectivity index (χ2v) is 9.67. The van der Waals surface area contributed by atoms with Gasteiger partial charge in [-0.15, -0.1) is 12.4 Å². The Bertz CT molecular complexity index is 1330. The minimum atomic E-state index is -0.297. The van der Waals surface area contributed by atoms with Crippen molar-refractivity contribution in [1.82, 2.24) is 24.3 Å². The van der Waals surface area contributed by atoms with Gasteiger partial charge in [-0.3, -0.25) is 14.5 Å². The van der Waals surface area contributed by atoms with Crippen molar-refractivity contribution in [3.05, 3.63) is 101 Å². The average molecular weight is 536 g/mol. The van der Waals surface area contributed by atoms with Gasteiger partial charge in [0.25, 0.3) is 0 Å². The summed E-state index contributed by atoms with van der Waals surface area (Å²) < 4.78 is 7.60. The predicted molar refractivity (Wildman–Crippen MR) is 150 cm³/mol. The molecule has 9 heteroatoms. The number of nitrogens with one attached hydrogen (secondary N) is 1. The Morgan fingerprint density at radius 1 is 1.03 bits per heavy atom. The maximum absolute atomic E-state index is 12.9. The SMILES string of the molecule is CC(COC(=O)N1CCC(n2c(=O)[nH]c3ccccc32)CC1)N(Cc1ccccc1)Cc1ccccn1.Cl. The molecule has 0 saturated carbocycles. The summed E-state index contributed by atoms with van der Waals surface area (Å²) in [5, 5.41) is 0. The number of carbonyl (C=O) groups excluding carboxylic acids is 1. The van der Waals surface area contributed by atoms with Gasteiger partial charge in [-0.1, -0.05) is 48.5 Å². The number of aromatic amines is 1. The van der Waals surface area contributed by atoms with Crippen molar-refractivity contribution in [3.8, 4) is 0 Å². The maximum atomic E-state index is 12.9. The first-order valence-electron chi connectivity index (χ1n) is 12.9. The number of nitrogens with zero attached hydrogens (tertiary/aromatic N) is 4. The highest BCUT2D eigenvalue weighted by Gasteiger charge is 2.27. The molecule has 0 bridgehead atoms. The van der Waals surface area contributed by atoms with Gasteiger partial charge in [0.1, 0.15) is 6.61 Å². The highest BCUT2D eigenvalue weighted by molar-refractivity contribution is 5.85. The molecule has 8 nitrogen and oxygen atoms in total. The van der Waals surface area contributed by atoms with Crippen LogP contribution in [0.1, 0.15) is 37.1 Å². The van der Waals surface area contributed by atoms with Crippen molar-refractivity contribution in [3.63, 3.8) is 0 Å². The van der Waals surface area contributed by atoms with Gasteiger partial charge >= 0.3 is 11.8 Å². The van der Waals surface area contributed by atoms with E-state index in [2.05, 4.69) is 33.9 Å². The molecule has 3 heterocycles. The summed E-state index contributed by atoms with van der Waals surface area (Å²) in [7, 11) is 0. The van der Waals surface area contributed by atoms with Gasteiger partial charge in [-0.2, -0.15) is 0 Å². The van der Waals surface area contributed by atoms with Crippen LogP contribution in [0.15, 0.2) is 83.8 Å². The van der Waals surface area contributed by atoms with Crippen LogP contribution in [0.5, 0.6) is 0 Å². The molecule has 0 radical (unpaired) electrons. The standard InChI is InChI=1S/C29H33N5O3.ClH/c1-22(33(19-23-9-3-2-4-10-23)20-24-11-7-8-16-30-24)21-37-29(36)32-17-14-25(15-18-32)34-27-13-6-5-12-26(27)31-28(34)35;/h2-13,16,22,25H,14-15,17-21H2,1H3,(H,31,35);1H. The lowest BCUT2D eigenvalue weighted by molar-refractivity contribution is 0.0564. The van der Waals surface area contributed by atoms with E-state index in [9.17, 15) is 9.59 Å². The number of H-pyrrole nitrogens is 1. The molecule has 38 heavy (non-hydrogen) atoms. The zero-order valence-corrected chi connectivity index (χ0v) is 22.3. The number of amides is 1. The zero-order valence-electron chi connectivity index (χ0n) is 21.5. The van der Waals surface area contributed by atoms with E-state index in [-0.39, 0.29) is 36.3 Å². The van der Waals surface area contributed by atoms with Crippen molar-refractivity contribution in [2.45, 2.75) is 44.9 Å². The molecule has 200 valence electrons. The molecule has 1 fully saturated rings. The van der Waals surface area contributed by atoms with E-state index >= 15 is 0 Å². The van der Waals surface area contributed by atoms with Crippen LogP contribution in [0.2, 0.25) is 0 Å². The Labute approximate surface area is 228 Å². The van der Waals surface area contributed by atoms with E-state index in [0.717, 1.165) is 23.3 Å². The van der Waals surface area contributed by atoms with Gasteiger partial charge in [-0.25, -0.2) is 9.59 Å². The van der Waals surface area contributed by atoms with E-state index in [1.165, 1.54) is 5.56 Å². The number of hydrogen-bond acceptors (Lipinski definition) is 5. The van der Waals surface area contributed by atoms with Gasteiger partial charge in [0, 0.05) is 44.5 Å². The van der Waals surface area contributed by atoms with Crippen molar-refractivity contribution < 1.29 is 9.53 Å². The van der Waals surface area contributed by atoms with Crippen molar-refractivity contribution in [1.29, 1.82) is 0 Å². The number of imidazole rings is 1. The van der Waals surface area contributed by atoms with Crippen LogP contribution in [-0.2, 0) is 17.8 Å². The Morgan fingerprint density at radius 3 is 2.47 bits per heavy atom. The minimum Gasteiger partial charge on any atom is -0.448 e. The van der Waals surface area contributed by atoms with Crippen molar-refractivity contribution in [2.75, 3.05) is 19.7 Å². The lowest BCUT2D eigenvalue weighted by atomic mass is 10.0. The lowest BCUT2D eigenvalue weighted by Crippen LogP contribution is -2.43. The fourth-order valence-corrected chi connectivity index (χ4v) is 5.02. The summed E-state index contributed by atoms with van der Waals surface area (Å²) in [5.41, 5.74) is 3.84. The number of fused-ring (bicyclic) bond motifs is 1. The number of likely N-dealkylation sites (tertiary alicyclic amines) is 1. The number of carbonyl (C=O) groups is 1. The van der Waals surface area contributed by atoms with E-state index < -0.39 is 0 Å². The largest absolute Gasteiger partial charge is 0.448 e. The predicted octanol–water partition coefficient (Wildman–Crippen LogP) is 5.01. The van der Waals surface area contributed by atoms with E-state index in [1.54, 1.807) is 11.1 Å². The third kappa shape index (κ3) is 6.44. The Hall–Kier alpha value is -3.62. The number of hydrogen-bond donors (Lipinski definition) is 1. The summed E-state index contributed by atoms with van der Waals surface area (Å²) >= 11 is 0. The van der Waals surface area contributed by atoms with Crippen LogP contribution in [0.4, 0.5) is 4.79 Å². The highest BCUT2D eigenvalue weighted by atomic mass is 35.5. The maximum Gasteiger partial charge on any atom is 0.409 e. The lowest BCUT2D eigenvalue weighted by Gasteiger charge is -2.33. The van der Waals surface area contributed by atoms with Gasteiger partial charge in [0.05, 0.1) is 16.7 Å².